The molecule has 0 aromatic heterocycles. The number of hydrogen-bond acceptors (Lipinski definition) is 2. The van der Waals surface area contributed by atoms with Gasteiger partial charge in [0.15, 0.2) is 5.82 Å². The SMILES string of the molecule is N#Cc1ccc(CNc2c(F)cc(F)cc2Cl)cc1. The van der Waals surface area contributed by atoms with Gasteiger partial charge in [-0.1, -0.05) is 23.7 Å². The van der Waals surface area contributed by atoms with Crippen LogP contribution in [0.25, 0.3) is 0 Å². The molecule has 2 aromatic rings. The Labute approximate surface area is 114 Å². The lowest BCUT2D eigenvalue weighted by atomic mass is 10.1. The summed E-state index contributed by atoms with van der Waals surface area (Å²) in [5.74, 6) is -1.45. The predicted octanol–water partition coefficient (Wildman–Crippen LogP) is 4.10. The molecule has 0 aliphatic heterocycles. The number of nitrogens with zero attached hydrogens (tertiary/aromatic N) is 1. The van der Waals surface area contributed by atoms with Crippen LogP contribution < -0.4 is 5.32 Å². The van der Waals surface area contributed by atoms with E-state index in [2.05, 4.69) is 5.32 Å². The summed E-state index contributed by atoms with van der Waals surface area (Å²) in [4.78, 5) is 0. The molecule has 2 aromatic carbocycles. The van der Waals surface area contributed by atoms with Gasteiger partial charge >= 0.3 is 0 Å². The van der Waals surface area contributed by atoms with E-state index in [9.17, 15) is 8.78 Å². The van der Waals surface area contributed by atoms with Crippen molar-refractivity contribution in [2.45, 2.75) is 6.54 Å². The van der Waals surface area contributed by atoms with E-state index in [4.69, 9.17) is 16.9 Å². The van der Waals surface area contributed by atoms with Crippen LogP contribution in [0.4, 0.5) is 14.5 Å². The lowest BCUT2D eigenvalue weighted by molar-refractivity contribution is 0.585. The minimum atomic E-state index is -0.737. The molecular weight excluding hydrogens is 270 g/mol. The predicted molar refractivity (Wildman–Crippen MR) is 69.9 cm³/mol. The van der Waals surface area contributed by atoms with Crippen molar-refractivity contribution in [1.82, 2.24) is 0 Å². The molecule has 0 bridgehead atoms. The Balaban J connectivity index is 2.12. The number of anilines is 1. The molecule has 0 saturated heterocycles. The molecule has 0 amide bonds. The molecule has 19 heavy (non-hydrogen) atoms. The van der Waals surface area contributed by atoms with Crippen molar-refractivity contribution in [2.75, 3.05) is 5.32 Å². The van der Waals surface area contributed by atoms with Crippen LogP contribution in [-0.4, -0.2) is 0 Å². The Kier molecular flexibility index (Phi) is 3.98. The van der Waals surface area contributed by atoms with Crippen molar-refractivity contribution in [3.05, 3.63) is 64.2 Å². The molecule has 0 radical (unpaired) electrons. The van der Waals surface area contributed by atoms with E-state index in [1.165, 1.54) is 0 Å². The zero-order valence-electron chi connectivity index (χ0n) is 9.75. The van der Waals surface area contributed by atoms with Crippen molar-refractivity contribution >= 4 is 17.3 Å². The van der Waals surface area contributed by atoms with E-state index in [0.717, 1.165) is 17.7 Å². The lowest BCUT2D eigenvalue weighted by Crippen LogP contribution is -2.02. The topological polar surface area (TPSA) is 35.8 Å². The van der Waals surface area contributed by atoms with Crippen LogP contribution in [0.15, 0.2) is 36.4 Å². The molecule has 96 valence electrons. The van der Waals surface area contributed by atoms with Gasteiger partial charge in [-0.3, -0.25) is 0 Å². The average molecular weight is 279 g/mol. The van der Waals surface area contributed by atoms with Gasteiger partial charge in [0, 0.05) is 12.6 Å². The molecule has 5 heteroatoms. The summed E-state index contributed by atoms with van der Waals surface area (Å²) in [6.07, 6.45) is 0. The molecule has 0 aliphatic carbocycles. The standard InChI is InChI=1S/C14H9ClF2N2/c15-12-5-11(16)6-13(17)14(12)19-8-10-3-1-9(7-18)2-4-10/h1-6,19H,8H2. The Morgan fingerprint density at radius 1 is 1.16 bits per heavy atom. The van der Waals surface area contributed by atoms with Gasteiger partial charge in [0.2, 0.25) is 0 Å². The summed E-state index contributed by atoms with van der Waals surface area (Å²) in [6.45, 7) is 0.327. The van der Waals surface area contributed by atoms with E-state index < -0.39 is 11.6 Å². The monoisotopic (exact) mass is 278 g/mol. The van der Waals surface area contributed by atoms with Crippen LogP contribution in [0.2, 0.25) is 5.02 Å². The van der Waals surface area contributed by atoms with Crippen molar-refractivity contribution in [1.29, 1.82) is 5.26 Å². The quantitative estimate of drug-likeness (QED) is 0.917. The first kappa shape index (κ1) is 13.3. The number of hydrogen-bond donors (Lipinski definition) is 1. The first-order valence-corrected chi connectivity index (χ1v) is 5.85. The highest BCUT2D eigenvalue weighted by Gasteiger charge is 2.09. The lowest BCUT2D eigenvalue weighted by Gasteiger charge is -2.09. The molecule has 0 heterocycles. The fourth-order valence-electron chi connectivity index (χ4n) is 1.60. The summed E-state index contributed by atoms with van der Waals surface area (Å²) in [6, 6.07) is 10.7. The van der Waals surface area contributed by atoms with Crippen molar-refractivity contribution in [3.8, 4) is 6.07 Å². The van der Waals surface area contributed by atoms with E-state index in [1.54, 1.807) is 24.3 Å². The van der Waals surface area contributed by atoms with Gasteiger partial charge in [0.25, 0.3) is 0 Å². The molecule has 0 saturated carbocycles. The molecule has 0 atom stereocenters. The van der Waals surface area contributed by atoms with Gasteiger partial charge in [-0.25, -0.2) is 8.78 Å². The normalized spacial score (nSPS) is 10.0. The second kappa shape index (κ2) is 5.68. The van der Waals surface area contributed by atoms with E-state index >= 15 is 0 Å². The maximum atomic E-state index is 13.5. The zero-order valence-corrected chi connectivity index (χ0v) is 10.5. The van der Waals surface area contributed by atoms with Crippen LogP contribution in [-0.2, 0) is 6.54 Å². The number of halogens is 3. The van der Waals surface area contributed by atoms with E-state index in [1.807, 2.05) is 6.07 Å². The number of nitriles is 1. The molecule has 2 rings (SSSR count). The van der Waals surface area contributed by atoms with E-state index in [-0.39, 0.29) is 10.7 Å². The third kappa shape index (κ3) is 3.21. The Hall–Kier alpha value is -2.12. The molecule has 0 aliphatic rings. The maximum absolute atomic E-state index is 13.5. The van der Waals surface area contributed by atoms with Crippen LogP contribution in [0.3, 0.4) is 0 Å². The minimum absolute atomic E-state index is 0.00820. The first-order valence-electron chi connectivity index (χ1n) is 5.47. The van der Waals surface area contributed by atoms with Crippen molar-refractivity contribution in [2.24, 2.45) is 0 Å². The van der Waals surface area contributed by atoms with Crippen molar-refractivity contribution < 1.29 is 8.78 Å². The second-order valence-corrected chi connectivity index (χ2v) is 4.31. The Morgan fingerprint density at radius 3 is 2.42 bits per heavy atom. The maximum Gasteiger partial charge on any atom is 0.150 e. The highest BCUT2D eigenvalue weighted by Crippen LogP contribution is 2.26. The second-order valence-electron chi connectivity index (χ2n) is 3.91. The highest BCUT2D eigenvalue weighted by atomic mass is 35.5. The Morgan fingerprint density at radius 2 is 1.84 bits per heavy atom. The largest absolute Gasteiger partial charge is 0.377 e. The van der Waals surface area contributed by atoms with Crippen LogP contribution >= 0.6 is 11.6 Å². The first-order chi connectivity index (χ1) is 9.10. The molecule has 0 unspecified atom stereocenters. The van der Waals surface area contributed by atoms with Crippen LogP contribution in [0.1, 0.15) is 11.1 Å². The van der Waals surface area contributed by atoms with Gasteiger partial charge in [-0.2, -0.15) is 5.26 Å². The number of benzene rings is 2. The van der Waals surface area contributed by atoms with Crippen LogP contribution in [0.5, 0.6) is 0 Å². The average Bonchev–Trinajstić information content (AvgIpc) is 2.38. The summed E-state index contributed by atoms with van der Waals surface area (Å²) < 4.78 is 26.4. The van der Waals surface area contributed by atoms with E-state index in [0.29, 0.717) is 12.1 Å². The fraction of sp³-hybridized carbons (Fsp3) is 0.0714. The van der Waals surface area contributed by atoms with Gasteiger partial charge < -0.3 is 5.32 Å². The summed E-state index contributed by atoms with van der Waals surface area (Å²) in [5, 5.41) is 11.5. The molecule has 0 fully saturated rings. The van der Waals surface area contributed by atoms with Gasteiger partial charge in [-0.05, 0) is 23.8 Å². The van der Waals surface area contributed by atoms with Gasteiger partial charge in [0.1, 0.15) is 5.82 Å². The number of rotatable bonds is 3. The molecule has 1 N–H and O–H groups in total. The van der Waals surface area contributed by atoms with Gasteiger partial charge in [0.05, 0.1) is 22.3 Å². The molecule has 2 nitrogen and oxygen atoms in total. The summed E-state index contributed by atoms with van der Waals surface area (Å²) in [5.41, 5.74) is 1.47. The summed E-state index contributed by atoms with van der Waals surface area (Å²) >= 11 is 5.76. The Bertz CT molecular complexity index is 610. The highest BCUT2D eigenvalue weighted by molar-refractivity contribution is 6.33. The minimum Gasteiger partial charge on any atom is -0.377 e. The summed E-state index contributed by atoms with van der Waals surface area (Å²) in [7, 11) is 0. The molecular formula is C14H9ClF2N2. The molecule has 0 spiro atoms. The third-order valence-corrected chi connectivity index (χ3v) is 2.86. The fourth-order valence-corrected chi connectivity index (χ4v) is 1.86. The van der Waals surface area contributed by atoms with Crippen LogP contribution in [0, 0.1) is 23.0 Å². The van der Waals surface area contributed by atoms with Gasteiger partial charge in [-0.15, -0.1) is 0 Å². The zero-order chi connectivity index (χ0) is 13.8. The number of nitrogens with one attached hydrogen (secondary N) is 1. The van der Waals surface area contributed by atoms with Crippen molar-refractivity contribution in [3.63, 3.8) is 0 Å². The third-order valence-electron chi connectivity index (χ3n) is 2.56. The smallest absolute Gasteiger partial charge is 0.150 e.